The van der Waals surface area contributed by atoms with Gasteiger partial charge in [0.1, 0.15) is 15.8 Å². The second kappa shape index (κ2) is 9.65. The Balaban J connectivity index is 1.19. The molecular formula is C25H29N5O2S. The van der Waals surface area contributed by atoms with E-state index in [4.69, 9.17) is 0 Å². The van der Waals surface area contributed by atoms with E-state index in [1.807, 2.05) is 36.2 Å². The summed E-state index contributed by atoms with van der Waals surface area (Å²) in [6, 6.07) is 8.18. The number of benzene rings is 1. The molecule has 0 bridgehead atoms. The van der Waals surface area contributed by atoms with E-state index in [0.717, 1.165) is 58.0 Å². The van der Waals surface area contributed by atoms with Gasteiger partial charge in [0.25, 0.3) is 0 Å². The van der Waals surface area contributed by atoms with Crippen LogP contribution in [0.5, 0.6) is 0 Å². The van der Waals surface area contributed by atoms with E-state index in [1.165, 1.54) is 12.8 Å². The monoisotopic (exact) mass is 463 g/mol. The molecule has 0 unspecified atom stereocenters. The van der Waals surface area contributed by atoms with E-state index in [1.54, 1.807) is 11.3 Å². The van der Waals surface area contributed by atoms with Crippen LogP contribution >= 0.6 is 11.3 Å². The number of hydrogen-bond acceptors (Lipinski definition) is 7. The Kier molecular flexibility index (Phi) is 6.46. The lowest BCUT2D eigenvalue weighted by molar-refractivity contribution is -0.135. The number of likely N-dealkylation sites (tertiary alicyclic amines) is 2. The molecule has 0 saturated carbocycles. The highest BCUT2D eigenvalue weighted by atomic mass is 32.1. The third kappa shape index (κ3) is 5.12. The van der Waals surface area contributed by atoms with Crippen LogP contribution in [0.4, 0.5) is 0 Å². The number of amides is 1. The first-order valence-electron chi connectivity index (χ1n) is 11.8. The normalized spacial score (nSPS) is 17.7. The zero-order valence-electron chi connectivity index (χ0n) is 19.0. The van der Waals surface area contributed by atoms with Crippen molar-refractivity contribution in [3.8, 4) is 10.6 Å². The first-order valence-corrected chi connectivity index (χ1v) is 12.6. The largest absolute Gasteiger partial charge is 0.342 e. The molecule has 5 rings (SSSR count). The van der Waals surface area contributed by atoms with Gasteiger partial charge in [-0.05, 0) is 63.2 Å². The van der Waals surface area contributed by atoms with Crippen LogP contribution in [-0.4, -0.2) is 69.4 Å². The van der Waals surface area contributed by atoms with Crippen LogP contribution in [0.2, 0.25) is 0 Å². The second-order valence-electron chi connectivity index (χ2n) is 9.15. The van der Waals surface area contributed by atoms with Gasteiger partial charge in [-0.3, -0.25) is 19.5 Å². The van der Waals surface area contributed by atoms with Crippen molar-refractivity contribution in [1.82, 2.24) is 25.0 Å². The number of fused-ring (bicyclic) bond motifs is 1. The van der Waals surface area contributed by atoms with Crippen molar-refractivity contribution in [2.24, 2.45) is 5.92 Å². The molecule has 7 nitrogen and oxygen atoms in total. The predicted octanol–water partition coefficient (Wildman–Crippen LogP) is 3.51. The molecule has 33 heavy (non-hydrogen) atoms. The first-order chi connectivity index (χ1) is 16.0. The molecule has 8 heteroatoms. The Bertz CT molecular complexity index is 1160. The molecule has 172 valence electrons. The lowest BCUT2D eigenvalue weighted by atomic mass is 9.90. The minimum Gasteiger partial charge on any atom is -0.342 e. The van der Waals surface area contributed by atoms with Crippen molar-refractivity contribution in [3.63, 3.8) is 0 Å². The molecule has 0 atom stereocenters. The summed E-state index contributed by atoms with van der Waals surface area (Å²) in [5, 5.41) is 12.3. The van der Waals surface area contributed by atoms with Gasteiger partial charge in [0.2, 0.25) is 5.91 Å². The first kappa shape index (κ1) is 22.1. The number of ketones is 1. The minimum atomic E-state index is 0.00837. The third-order valence-corrected chi connectivity index (χ3v) is 7.66. The summed E-state index contributed by atoms with van der Waals surface area (Å²) >= 11 is 1.57. The van der Waals surface area contributed by atoms with Crippen molar-refractivity contribution >= 4 is 33.8 Å². The fraction of sp³-hybridized carbons (Fsp3) is 0.480. The summed E-state index contributed by atoms with van der Waals surface area (Å²) in [5.74, 6) is 0.443. The van der Waals surface area contributed by atoms with Gasteiger partial charge in [-0.2, -0.15) is 0 Å². The smallest absolute Gasteiger partial charge is 0.236 e. The van der Waals surface area contributed by atoms with Crippen molar-refractivity contribution < 1.29 is 9.59 Å². The van der Waals surface area contributed by atoms with Gasteiger partial charge in [0, 0.05) is 48.3 Å². The number of carbonyl (C=O) groups excluding carboxylic acids is 2. The number of rotatable bonds is 6. The Morgan fingerprint density at radius 2 is 1.82 bits per heavy atom. The molecule has 2 aromatic heterocycles. The zero-order valence-corrected chi connectivity index (χ0v) is 19.8. The molecule has 2 fully saturated rings. The summed E-state index contributed by atoms with van der Waals surface area (Å²) < 4.78 is 0. The van der Waals surface area contributed by atoms with Crippen molar-refractivity contribution in [1.29, 1.82) is 0 Å². The maximum atomic E-state index is 13.0. The molecule has 1 amide bonds. The van der Waals surface area contributed by atoms with Crippen LogP contribution in [0.25, 0.3) is 21.3 Å². The summed E-state index contributed by atoms with van der Waals surface area (Å²) in [6.07, 6.45) is 6.06. The van der Waals surface area contributed by atoms with Gasteiger partial charge >= 0.3 is 0 Å². The maximum absolute atomic E-state index is 13.0. The van der Waals surface area contributed by atoms with Crippen LogP contribution in [0.1, 0.15) is 36.4 Å². The lowest BCUT2D eigenvalue weighted by Crippen LogP contribution is -2.44. The van der Waals surface area contributed by atoms with Crippen LogP contribution in [0.15, 0.2) is 30.5 Å². The standard InChI is InChI=1S/C25H29N5O2S/c1-17-27-28-25(33-17)19-4-5-20-15-26-22(13-21(20)12-19)14-23(31)18-6-10-30(11-7-18)24(32)16-29-8-2-3-9-29/h4-5,12-13,15,18H,2-3,6-11,14,16H2,1H3. The summed E-state index contributed by atoms with van der Waals surface area (Å²) in [4.78, 5) is 34.2. The van der Waals surface area contributed by atoms with Crippen molar-refractivity contribution in [2.75, 3.05) is 32.7 Å². The molecule has 4 heterocycles. The highest BCUT2D eigenvalue weighted by Gasteiger charge is 2.28. The van der Waals surface area contributed by atoms with Crippen LogP contribution in [0, 0.1) is 12.8 Å². The Morgan fingerprint density at radius 3 is 2.55 bits per heavy atom. The third-order valence-electron chi connectivity index (χ3n) is 6.77. The summed E-state index contributed by atoms with van der Waals surface area (Å²) in [6.45, 7) is 5.89. The maximum Gasteiger partial charge on any atom is 0.236 e. The van der Waals surface area contributed by atoms with Gasteiger partial charge in [0.15, 0.2) is 0 Å². The number of nitrogens with zero attached hydrogens (tertiary/aromatic N) is 5. The highest BCUT2D eigenvalue weighted by Crippen LogP contribution is 2.27. The predicted molar refractivity (Wildman–Crippen MR) is 129 cm³/mol. The summed E-state index contributed by atoms with van der Waals surface area (Å²) in [7, 11) is 0. The molecule has 2 aliphatic rings. The molecule has 0 radical (unpaired) electrons. The average Bonchev–Trinajstić information content (AvgIpc) is 3.50. The molecule has 0 aliphatic carbocycles. The van der Waals surface area contributed by atoms with Crippen molar-refractivity contribution in [2.45, 2.75) is 39.0 Å². The molecule has 0 spiro atoms. The molecule has 0 N–H and O–H groups in total. The Hall–Kier alpha value is -2.71. The second-order valence-corrected chi connectivity index (χ2v) is 10.3. The van der Waals surface area contributed by atoms with E-state index in [-0.39, 0.29) is 17.6 Å². The molecular weight excluding hydrogens is 434 g/mol. The molecule has 3 aromatic rings. The minimum absolute atomic E-state index is 0.00837. The molecule has 2 aliphatic heterocycles. The number of pyridine rings is 1. The lowest BCUT2D eigenvalue weighted by Gasteiger charge is -2.32. The number of carbonyl (C=O) groups is 2. The quantitative estimate of drug-likeness (QED) is 0.557. The van der Waals surface area contributed by atoms with Crippen LogP contribution in [-0.2, 0) is 16.0 Å². The van der Waals surface area contributed by atoms with E-state index < -0.39 is 0 Å². The van der Waals surface area contributed by atoms with E-state index >= 15 is 0 Å². The average molecular weight is 464 g/mol. The number of hydrogen-bond donors (Lipinski definition) is 0. The van der Waals surface area contributed by atoms with Gasteiger partial charge < -0.3 is 4.90 Å². The fourth-order valence-corrected chi connectivity index (χ4v) is 5.52. The molecule has 1 aromatic carbocycles. The highest BCUT2D eigenvalue weighted by molar-refractivity contribution is 7.14. The van der Waals surface area contributed by atoms with Gasteiger partial charge in [-0.1, -0.05) is 23.5 Å². The molecule has 2 saturated heterocycles. The van der Waals surface area contributed by atoms with E-state index in [0.29, 0.717) is 26.1 Å². The summed E-state index contributed by atoms with van der Waals surface area (Å²) in [5.41, 5.74) is 1.83. The Morgan fingerprint density at radius 1 is 1.03 bits per heavy atom. The van der Waals surface area contributed by atoms with E-state index in [9.17, 15) is 9.59 Å². The topological polar surface area (TPSA) is 79.3 Å². The zero-order chi connectivity index (χ0) is 22.8. The number of aryl methyl sites for hydroxylation is 1. The van der Waals surface area contributed by atoms with Crippen molar-refractivity contribution in [3.05, 3.63) is 41.2 Å². The van der Waals surface area contributed by atoms with Gasteiger partial charge in [-0.15, -0.1) is 10.2 Å². The number of aromatic nitrogens is 3. The SMILES string of the molecule is Cc1nnc(-c2ccc3cnc(CC(=O)C4CCN(C(=O)CN5CCCC5)CC4)cc3c2)s1. The van der Waals surface area contributed by atoms with E-state index in [2.05, 4.69) is 26.1 Å². The number of Topliss-reactive ketones (excluding diaryl/α,β-unsaturated/α-hetero) is 1. The van der Waals surface area contributed by atoms with Crippen LogP contribution in [0.3, 0.4) is 0 Å². The Labute approximate surface area is 197 Å². The fourth-order valence-electron chi connectivity index (χ4n) is 4.84. The van der Waals surface area contributed by atoms with Gasteiger partial charge in [0.05, 0.1) is 6.54 Å². The number of piperidine rings is 1. The van der Waals surface area contributed by atoms with Crippen LogP contribution < -0.4 is 0 Å². The van der Waals surface area contributed by atoms with Gasteiger partial charge in [-0.25, -0.2) is 0 Å².